The van der Waals surface area contributed by atoms with Crippen LogP contribution in [0.15, 0.2) is 18.2 Å². The molecule has 0 heterocycles. The first-order valence-electron chi connectivity index (χ1n) is 4.72. The minimum absolute atomic E-state index is 0.0274. The van der Waals surface area contributed by atoms with E-state index in [0.29, 0.717) is 11.3 Å². The highest BCUT2D eigenvalue weighted by Gasteiger charge is 2.15. The van der Waals surface area contributed by atoms with Gasteiger partial charge in [0.25, 0.3) is 0 Å². The quantitative estimate of drug-likeness (QED) is 0.548. The molecular weight excluding hydrogens is 174 g/mol. The lowest BCUT2D eigenvalue weighted by Crippen LogP contribution is -2.12. The van der Waals surface area contributed by atoms with Gasteiger partial charge in [0.2, 0.25) is 0 Å². The largest absolute Gasteiger partial charge is 0.399 e. The molecule has 14 heavy (non-hydrogen) atoms. The lowest BCUT2D eigenvalue weighted by Gasteiger charge is -2.20. The van der Waals surface area contributed by atoms with Gasteiger partial charge in [0.15, 0.2) is 5.78 Å². The third-order valence-corrected chi connectivity index (χ3v) is 2.23. The molecule has 0 aliphatic carbocycles. The molecule has 0 aliphatic heterocycles. The molecule has 0 amide bonds. The zero-order chi connectivity index (χ0) is 10.9. The number of anilines is 1. The van der Waals surface area contributed by atoms with Crippen LogP contribution >= 0.6 is 0 Å². The highest BCUT2D eigenvalue weighted by Crippen LogP contribution is 2.25. The van der Waals surface area contributed by atoms with Gasteiger partial charge in [0, 0.05) is 11.3 Å². The number of hydrogen-bond donors (Lipinski definition) is 1. The average Bonchev–Trinajstić information content (AvgIpc) is 2.01. The predicted octanol–water partition coefficient (Wildman–Crippen LogP) is 2.77. The Morgan fingerprint density at radius 2 is 1.79 bits per heavy atom. The summed E-state index contributed by atoms with van der Waals surface area (Å²) < 4.78 is 0. The number of nitrogens with two attached hydrogens (primary N) is 1. The summed E-state index contributed by atoms with van der Waals surface area (Å²) in [5, 5.41) is 0. The Labute approximate surface area is 85.1 Å². The zero-order valence-corrected chi connectivity index (χ0v) is 9.22. The van der Waals surface area contributed by atoms with E-state index < -0.39 is 0 Å². The van der Waals surface area contributed by atoms with Crippen molar-refractivity contribution in [1.29, 1.82) is 0 Å². The lowest BCUT2D eigenvalue weighted by atomic mass is 9.85. The first kappa shape index (κ1) is 10.8. The zero-order valence-electron chi connectivity index (χ0n) is 9.22. The fourth-order valence-electron chi connectivity index (χ4n) is 1.29. The van der Waals surface area contributed by atoms with Crippen molar-refractivity contribution in [3.63, 3.8) is 0 Å². The maximum Gasteiger partial charge on any atom is 0.159 e. The Morgan fingerprint density at radius 1 is 1.21 bits per heavy atom. The van der Waals surface area contributed by atoms with Crippen LogP contribution in [0.4, 0.5) is 5.69 Å². The average molecular weight is 191 g/mol. The van der Waals surface area contributed by atoms with Crippen molar-refractivity contribution < 1.29 is 4.79 Å². The van der Waals surface area contributed by atoms with Crippen molar-refractivity contribution in [1.82, 2.24) is 0 Å². The van der Waals surface area contributed by atoms with E-state index in [2.05, 4.69) is 20.8 Å². The maximum absolute atomic E-state index is 11.2. The van der Waals surface area contributed by atoms with Gasteiger partial charge < -0.3 is 5.73 Å². The lowest BCUT2D eigenvalue weighted by molar-refractivity contribution is 0.101. The summed E-state index contributed by atoms with van der Waals surface area (Å²) in [5.41, 5.74) is 8.21. The summed E-state index contributed by atoms with van der Waals surface area (Å²) in [6.45, 7) is 7.87. The molecule has 0 saturated heterocycles. The molecule has 76 valence electrons. The second-order valence-electron chi connectivity index (χ2n) is 4.65. The fourth-order valence-corrected chi connectivity index (χ4v) is 1.29. The molecule has 0 unspecified atom stereocenters. The Hall–Kier alpha value is -1.31. The summed E-state index contributed by atoms with van der Waals surface area (Å²) >= 11 is 0. The van der Waals surface area contributed by atoms with E-state index in [9.17, 15) is 4.79 Å². The number of carbonyl (C=O) groups is 1. The van der Waals surface area contributed by atoms with Gasteiger partial charge in [-0.05, 0) is 36.1 Å². The van der Waals surface area contributed by atoms with Crippen molar-refractivity contribution in [3.05, 3.63) is 29.3 Å². The number of hydrogen-bond acceptors (Lipinski definition) is 2. The van der Waals surface area contributed by atoms with E-state index in [4.69, 9.17) is 5.73 Å². The van der Waals surface area contributed by atoms with Crippen LogP contribution in [-0.4, -0.2) is 5.78 Å². The SMILES string of the molecule is CC(=O)c1cc(N)cc(C(C)(C)C)c1. The Bertz CT molecular complexity index is 361. The van der Waals surface area contributed by atoms with E-state index in [0.717, 1.165) is 5.56 Å². The topological polar surface area (TPSA) is 43.1 Å². The van der Waals surface area contributed by atoms with Gasteiger partial charge in [-0.2, -0.15) is 0 Å². The molecule has 1 rings (SSSR count). The second kappa shape index (κ2) is 3.45. The van der Waals surface area contributed by atoms with Crippen molar-refractivity contribution >= 4 is 11.5 Å². The molecule has 0 atom stereocenters. The monoisotopic (exact) mass is 191 g/mol. The third-order valence-electron chi connectivity index (χ3n) is 2.23. The van der Waals surface area contributed by atoms with Crippen LogP contribution in [0.2, 0.25) is 0 Å². The minimum Gasteiger partial charge on any atom is -0.399 e. The molecule has 0 aromatic heterocycles. The van der Waals surface area contributed by atoms with Gasteiger partial charge in [-0.1, -0.05) is 20.8 Å². The molecule has 0 saturated carbocycles. The highest BCUT2D eigenvalue weighted by molar-refractivity contribution is 5.95. The van der Waals surface area contributed by atoms with Crippen LogP contribution in [0.3, 0.4) is 0 Å². The molecule has 0 fully saturated rings. The first-order valence-corrected chi connectivity index (χ1v) is 4.72. The van der Waals surface area contributed by atoms with Crippen molar-refractivity contribution in [2.75, 3.05) is 5.73 Å². The van der Waals surface area contributed by atoms with Crippen LogP contribution < -0.4 is 5.73 Å². The number of nitrogen functional groups attached to an aromatic ring is 1. The first-order chi connectivity index (χ1) is 6.30. The molecule has 0 bridgehead atoms. The van der Waals surface area contributed by atoms with Crippen LogP contribution in [0.25, 0.3) is 0 Å². The van der Waals surface area contributed by atoms with Gasteiger partial charge in [-0.15, -0.1) is 0 Å². The summed E-state index contributed by atoms with van der Waals surface area (Å²) in [6, 6.07) is 5.56. The van der Waals surface area contributed by atoms with Gasteiger partial charge in [-0.25, -0.2) is 0 Å². The van der Waals surface area contributed by atoms with Crippen LogP contribution in [0.1, 0.15) is 43.6 Å². The molecule has 2 nitrogen and oxygen atoms in total. The molecule has 1 aromatic carbocycles. The standard InChI is InChI=1S/C12H17NO/c1-8(14)9-5-10(12(2,3)4)7-11(13)6-9/h5-7H,13H2,1-4H3. The summed E-state index contributed by atoms with van der Waals surface area (Å²) in [5.74, 6) is 0.0581. The van der Waals surface area contributed by atoms with Gasteiger partial charge in [0.1, 0.15) is 0 Å². The maximum atomic E-state index is 11.2. The van der Waals surface area contributed by atoms with Crippen LogP contribution in [0, 0.1) is 0 Å². The number of carbonyl (C=O) groups excluding carboxylic acids is 1. The Kier molecular flexibility index (Phi) is 2.65. The molecule has 2 N–H and O–H groups in total. The van der Waals surface area contributed by atoms with E-state index in [1.165, 1.54) is 0 Å². The van der Waals surface area contributed by atoms with E-state index in [-0.39, 0.29) is 11.2 Å². The number of ketones is 1. The summed E-state index contributed by atoms with van der Waals surface area (Å²) in [6.07, 6.45) is 0. The number of Topliss-reactive ketones (excluding diaryl/α,β-unsaturated/α-hetero) is 1. The van der Waals surface area contributed by atoms with Gasteiger partial charge in [-0.3, -0.25) is 4.79 Å². The number of benzene rings is 1. The molecular formula is C12H17NO. The summed E-state index contributed by atoms with van der Waals surface area (Å²) in [4.78, 5) is 11.2. The Morgan fingerprint density at radius 3 is 2.21 bits per heavy atom. The van der Waals surface area contributed by atoms with Crippen molar-refractivity contribution in [2.45, 2.75) is 33.1 Å². The van der Waals surface area contributed by atoms with E-state index in [1.807, 2.05) is 12.1 Å². The smallest absolute Gasteiger partial charge is 0.159 e. The van der Waals surface area contributed by atoms with E-state index in [1.54, 1.807) is 13.0 Å². The molecule has 0 aliphatic rings. The van der Waals surface area contributed by atoms with Crippen molar-refractivity contribution in [2.24, 2.45) is 0 Å². The molecule has 1 aromatic rings. The van der Waals surface area contributed by atoms with Crippen LogP contribution in [-0.2, 0) is 5.41 Å². The normalized spacial score (nSPS) is 11.4. The molecule has 2 heteroatoms. The van der Waals surface area contributed by atoms with E-state index >= 15 is 0 Å². The van der Waals surface area contributed by atoms with Gasteiger partial charge >= 0.3 is 0 Å². The minimum atomic E-state index is 0.0274. The molecule has 0 radical (unpaired) electrons. The highest BCUT2D eigenvalue weighted by atomic mass is 16.1. The molecule has 0 spiro atoms. The fraction of sp³-hybridized carbons (Fsp3) is 0.417. The van der Waals surface area contributed by atoms with Crippen molar-refractivity contribution in [3.8, 4) is 0 Å². The summed E-state index contributed by atoms with van der Waals surface area (Å²) in [7, 11) is 0. The third kappa shape index (κ3) is 2.34. The second-order valence-corrected chi connectivity index (χ2v) is 4.65. The van der Waals surface area contributed by atoms with Crippen LogP contribution in [0.5, 0.6) is 0 Å². The predicted molar refractivity (Wildman–Crippen MR) is 59.6 cm³/mol. The number of rotatable bonds is 1. The Balaban J connectivity index is 3.28. The van der Waals surface area contributed by atoms with Gasteiger partial charge in [0.05, 0.1) is 0 Å².